The van der Waals surface area contributed by atoms with Crippen molar-refractivity contribution in [2.75, 3.05) is 6.54 Å². The highest BCUT2D eigenvalue weighted by atomic mass is 35.5. The van der Waals surface area contributed by atoms with Crippen molar-refractivity contribution in [2.45, 2.75) is 32.7 Å². The second-order valence-corrected chi connectivity index (χ2v) is 8.09. The van der Waals surface area contributed by atoms with Crippen LogP contribution in [0.1, 0.15) is 37.4 Å². The quantitative estimate of drug-likeness (QED) is 0.695. The molecule has 29 heavy (non-hydrogen) atoms. The number of phenols is 1. The lowest BCUT2D eigenvalue weighted by atomic mass is 9.92. The predicted molar refractivity (Wildman–Crippen MR) is 112 cm³/mol. The lowest BCUT2D eigenvalue weighted by molar-refractivity contribution is -0.129. The summed E-state index contributed by atoms with van der Waals surface area (Å²) in [6.45, 7) is 4.16. The van der Waals surface area contributed by atoms with Gasteiger partial charge in [-0.05, 0) is 47.7 Å². The van der Waals surface area contributed by atoms with Crippen LogP contribution in [-0.2, 0) is 16.0 Å². The van der Waals surface area contributed by atoms with Crippen LogP contribution >= 0.6 is 11.6 Å². The Labute approximate surface area is 175 Å². The Bertz CT molecular complexity index is 932. The van der Waals surface area contributed by atoms with Crippen LogP contribution in [0.15, 0.2) is 59.9 Å². The van der Waals surface area contributed by atoms with Crippen LogP contribution in [0.25, 0.3) is 0 Å². The van der Waals surface area contributed by atoms with Gasteiger partial charge in [0.05, 0.1) is 11.6 Å². The number of phenolic OH excluding ortho intramolecular Hbond substituents is 1. The maximum atomic E-state index is 12.9. The molecule has 1 heterocycles. The Hall–Kier alpha value is -2.79. The Kier molecular flexibility index (Phi) is 6.28. The lowest BCUT2D eigenvalue weighted by Crippen LogP contribution is -2.33. The molecule has 2 N–H and O–H groups in total. The van der Waals surface area contributed by atoms with E-state index in [1.165, 1.54) is 17.0 Å². The summed E-state index contributed by atoms with van der Waals surface area (Å²) in [5.74, 6) is -1.08. The van der Waals surface area contributed by atoms with E-state index >= 15 is 0 Å². The van der Waals surface area contributed by atoms with E-state index in [0.717, 1.165) is 5.56 Å². The maximum Gasteiger partial charge on any atom is 0.290 e. The fourth-order valence-corrected chi connectivity index (χ4v) is 3.68. The van der Waals surface area contributed by atoms with Crippen LogP contribution in [-0.4, -0.2) is 33.3 Å². The molecule has 3 rings (SSSR count). The SMILES string of the molecule is CC(C)CC(=O)C1=C(O)C(=O)N(CCc2ccc(Cl)cc2)C1c1ccc(O)cc1. The van der Waals surface area contributed by atoms with Crippen molar-refractivity contribution in [3.63, 3.8) is 0 Å². The highest BCUT2D eigenvalue weighted by Crippen LogP contribution is 2.39. The minimum absolute atomic E-state index is 0.0917. The van der Waals surface area contributed by atoms with Crippen molar-refractivity contribution in [1.82, 2.24) is 4.90 Å². The fraction of sp³-hybridized carbons (Fsp3) is 0.304. The zero-order valence-electron chi connectivity index (χ0n) is 16.4. The Balaban J connectivity index is 1.93. The number of ketones is 1. The number of carbonyl (C=O) groups excluding carboxylic acids is 2. The highest BCUT2D eigenvalue weighted by Gasteiger charge is 2.43. The average molecular weight is 414 g/mol. The van der Waals surface area contributed by atoms with E-state index < -0.39 is 17.7 Å². The molecule has 0 radical (unpaired) electrons. The van der Waals surface area contributed by atoms with Gasteiger partial charge in [-0.1, -0.05) is 49.7 Å². The zero-order chi connectivity index (χ0) is 21.1. The van der Waals surface area contributed by atoms with Gasteiger partial charge in [-0.25, -0.2) is 0 Å². The normalized spacial score (nSPS) is 16.8. The van der Waals surface area contributed by atoms with E-state index in [2.05, 4.69) is 0 Å². The minimum atomic E-state index is -0.679. The number of Topliss-reactive ketones (excluding diaryl/α,β-unsaturated/α-hetero) is 1. The molecule has 1 aliphatic heterocycles. The fourth-order valence-electron chi connectivity index (χ4n) is 3.55. The Morgan fingerprint density at radius 2 is 1.69 bits per heavy atom. The largest absolute Gasteiger partial charge is 0.508 e. The minimum Gasteiger partial charge on any atom is -0.508 e. The number of hydrogen-bond acceptors (Lipinski definition) is 4. The monoisotopic (exact) mass is 413 g/mol. The molecule has 2 aromatic carbocycles. The van der Waals surface area contributed by atoms with Gasteiger partial charge >= 0.3 is 0 Å². The van der Waals surface area contributed by atoms with Crippen molar-refractivity contribution in [2.24, 2.45) is 5.92 Å². The number of benzene rings is 2. The van der Waals surface area contributed by atoms with Gasteiger partial charge in [0.25, 0.3) is 5.91 Å². The molecule has 0 saturated heterocycles. The molecule has 0 fully saturated rings. The number of aliphatic hydroxyl groups is 1. The Morgan fingerprint density at radius 3 is 2.28 bits per heavy atom. The van der Waals surface area contributed by atoms with Crippen molar-refractivity contribution in [1.29, 1.82) is 0 Å². The first kappa shape index (κ1) is 20.9. The average Bonchev–Trinajstić information content (AvgIpc) is 2.92. The molecule has 0 aromatic heterocycles. The summed E-state index contributed by atoms with van der Waals surface area (Å²) in [6.07, 6.45) is 0.794. The van der Waals surface area contributed by atoms with E-state index in [1.807, 2.05) is 26.0 Å². The van der Waals surface area contributed by atoms with E-state index in [9.17, 15) is 19.8 Å². The summed E-state index contributed by atoms with van der Waals surface area (Å²) in [6, 6.07) is 13.0. The van der Waals surface area contributed by atoms with Crippen molar-refractivity contribution in [3.05, 3.63) is 76.0 Å². The highest BCUT2D eigenvalue weighted by molar-refractivity contribution is 6.30. The molecule has 152 valence electrons. The number of nitrogens with zero attached hydrogens (tertiary/aromatic N) is 1. The third-order valence-electron chi connectivity index (χ3n) is 4.96. The van der Waals surface area contributed by atoms with E-state index in [4.69, 9.17) is 11.6 Å². The van der Waals surface area contributed by atoms with Gasteiger partial charge in [-0.15, -0.1) is 0 Å². The molecule has 0 bridgehead atoms. The van der Waals surface area contributed by atoms with Crippen LogP contribution in [0, 0.1) is 5.92 Å². The van der Waals surface area contributed by atoms with Gasteiger partial charge in [0.1, 0.15) is 5.75 Å². The topological polar surface area (TPSA) is 77.8 Å². The second-order valence-electron chi connectivity index (χ2n) is 7.65. The van der Waals surface area contributed by atoms with Gasteiger partial charge in [0, 0.05) is 18.0 Å². The first-order valence-corrected chi connectivity index (χ1v) is 9.96. The van der Waals surface area contributed by atoms with Crippen LogP contribution < -0.4 is 0 Å². The van der Waals surface area contributed by atoms with Crippen molar-refractivity contribution in [3.8, 4) is 5.75 Å². The summed E-state index contributed by atoms with van der Waals surface area (Å²) < 4.78 is 0. The van der Waals surface area contributed by atoms with Gasteiger partial charge in [0.2, 0.25) is 0 Å². The first-order chi connectivity index (χ1) is 13.8. The van der Waals surface area contributed by atoms with Crippen molar-refractivity contribution < 1.29 is 19.8 Å². The summed E-state index contributed by atoms with van der Waals surface area (Å²) in [5, 5.41) is 20.8. The standard InChI is InChI=1S/C23H24ClNO4/c1-14(2)13-19(27)20-21(16-5-9-18(26)10-6-16)25(23(29)22(20)28)12-11-15-3-7-17(24)8-4-15/h3-10,14,21,26,28H,11-13H2,1-2H3. The summed E-state index contributed by atoms with van der Waals surface area (Å²) in [7, 11) is 0. The number of hydrogen-bond donors (Lipinski definition) is 2. The van der Waals surface area contributed by atoms with E-state index in [1.54, 1.807) is 24.3 Å². The van der Waals surface area contributed by atoms with Crippen LogP contribution in [0.3, 0.4) is 0 Å². The number of amides is 1. The molecule has 0 spiro atoms. The number of aromatic hydroxyl groups is 1. The van der Waals surface area contributed by atoms with Gasteiger partial charge in [-0.2, -0.15) is 0 Å². The lowest BCUT2D eigenvalue weighted by Gasteiger charge is -2.27. The number of aliphatic hydroxyl groups excluding tert-OH is 1. The smallest absolute Gasteiger partial charge is 0.290 e. The molecule has 2 aromatic rings. The molecule has 1 amide bonds. The van der Waals surface area contributed by atoms with Crippen LogP contribution in [0.5, 0.6) is 5.75 Å². The van der Waals surface area contributed by atoms with Crippen molar-refractivity contribution >= 4 is 23.3 Å². The van der Waals surface area contributed by atoms with Crippen LogP contribution in [0.2, 0.25) is 5.02 Å². The van der Waals surface area contributed by atoms with Gasteiger partial charge < -0.3 is 15.1 Å². The number of halogens is 1. The van der Waals surface area contributed by atoms with Gasteiger partial charge in [-0.3, -0.25) is 9.59 Å². The van der Waals surface area contributed by atoms with Gasteiger partial charge in [0.15, 0.2) is 11.5 Å². The summed E-state index contributed by atoms with van der Waals surface area (Å²) in [4.78, 5) is 27.2. The third-order valence-corrected chi connectivity index (χ3v) is 5.21. The number of rotatable bonds is 7. The number of carbonyl (C=O) groups is 2. The Morgan fingerprint density at radius 1 is 1.07 bits per heavy atom. The zero-order valence-corrected chi connectivity index (χ0v) is 17.2. The predicted octanol–water partition coefficient (Wildman–Crippen LogP) is 4.60. The molecule has 1 atom stereocenters. The molecule has 0 saturated carbocycles. The molecular weight excluding hydrogens is 390 g/mol. The summed E-state index contributed by atoms with van der Waals surface area (Å²) >= 11 is 5.93. The molecule has 1 unspecified atom stereocenters. The first-order valence-electron chi connectivity index (χ1n) is 9.58. The summed E-state index contributed by atoms with van der Waals surface area (Å²) in [5.41, 5.74) is 1.79. The second kappa shape index (κ2) is 8.70. The molecule has 6 heteroatoms. The molecule has 0 aliphatic carbocycles. The van der Waals surface area contributed by atoms with E-state index in [-0.39, 0.29) is 29.4 Å². The van der Waals surface area contributed by atoms with Crippen LogP contribution in [0.4, 0.5) is 0 Å². The molecular formula is C23H24ClNO4. The van der Waals surface area contributed by atoms with E-state index in [0.29, 0.717) is 23.6 Å². The molecule has 5 nitrogen and oxygen atoms in total. The third kappa shape index (κ3) is 4.62. The maximum absolute atomic E-state index is 12.9. The molecule has 1 aliphatic rings.